The van der Waals surface area contributed by atoms with Gasteiger partial charge >= 0.3 is 7.60 Å². The number of hydrogen-bond acceptors (Lipinski definition) is 3. The largest absolute Gasteiger partial charge is 0.372 e. The molecule has 1 aromatic rings. The fraction of sp³-hybridized carbons (Fsp3) is 0.455. The van der Waals surface area contributed by atoms with Crippen LogP contribution in [-0.2, 0) is 9.09 Å². The first-order valence-electron chi connectivity index (χ1n) is 5.29. The highest BCUT2D eigenvalue weighted by Gasteiger charge is 2.20. The normalized spacial score (nSPS) is 14.5. The molecule has 4 nitrogen and oxygen atoms in total. The Morgan fingerprint density at radius 2 is 1.75 bits per heavy atom. The molecule has 5 heteroatoms. The third-order valence-corrected chi connectivity index (χ3v) is 4.00. The predicted molar refractivity (Wildman–Crippen MR) is 66.5 cm³/mol. The van der Waals surface area contributed by atoms with Gasteiger partial charge in [-0.3, -0.25) is 4.57 Å². The van der Waals surface area contributed by atoms with Gasteiger partial charge in [-0.05, 0) is 38.1 Å². The van der Waals surface area contributed by atoms with Crippen molar-refractivity contribution in [2.75, 3.05) is 25.1 Å². The molecule has 0 saturated heterocycles. The molecule has 0 amide bonds. The molecule has 1 N–H and O–H groups in total. The van der Waals surface area contributed by atoms with E-state index in [0.717, 1.165) is 18.8 Å². The minimum absolute atomic E-state index is 0.325. The second kappa shape index (κ2) is 5.48. The van der Waals surface area contributed by atoms with Crippen LogP contribution in [0.15, 0.2) is 24.3 Å². The van der Waals surface area contributed by atoms with Gasteiger partial charge in [0.1, 0.15) is 0 Å². The molecule has 1 unspecified atom stereocenters. The van der Waals surface area contributed by atoms with E-state index in [2.05, 4.69) is 23.3 Å². The average molecular weight is 243 g/mol. The van der Waals surface area contributed by atoms with E-state index >= 15 is 0 Å². The van der Waals surface area contributed by atoms with Crippen molar-refractivity contribution in [1.29, 1.82) is 0 Å². The summed E-state index contributed by atoms with van der Waals surface area (Å²) >= 11 is 0. The molecule has 0 aromatic heterocycles. The summed E-state index contributed by atoms with van der Waals surface area (Å²) in [6.07, 6.45) is 0. The van der Waals surface area contributed by atoms with Crippen LogP contribution in [0, 0.1) is 0 Å². The summed E-state index contributed by atoms with van der Waals surface area (Å²) in [6.45, 7) is 5.97. The molecule has 0 aliphatic carbocycles. The zero-order chi connectivity index (χ0) is 12.2. The lowest BCUT2D eigenvalue weighted by Gasteiger charge is -2.21. The zero-order valence-electron chi connectivity index (χ0n) is 9.88. The second-order valence-electron chi connectivity index (χ2n) is 3.39. The summed E-state index contributed by atoms with van der Waals surface area (Å²) in [5, 5.41) is 0.325. The van der Waals surface area contributed by atoms with E-state index in [0.29, 0.717) is 5.30 Å². The lowest BCUT2D eigenvalue weighted by molar-refractivity contribution is 0.328. The van der Waals surface area contributed by atoms with Crippen molar-refractivity contribution in [3.63, 3.8) is 0 Å². The van der Waals surface area contributed by atoms with Gasteiger partial charge in [0.15, 0.2) is 0 Å². The Morgan fingerprint density at radius 3 is 2.12 bits per heavy atom. The van der Waals surface area contributed by atoms with Crippen molar-refractivity contribution in [3.05, 3.63) is 24.3 Å². The van der Waals surface area contributed by atoms with E-state index in [1.54, 1.807) is 12.1 Å². The Balaban J connectivity index is 2.95. The Kier molecular flexibility index (Phi) is 4.54. The molecule has 0 aliphatic rings. The standard InChI is InChI=1S/C11H18NO3P/c1-4-12(5-2)10-6-8-11(9-7-10)16(13,14)15-3/h6-9H,4-5H2,1-3H3,(H,13,14). The number of hydrogen-bond donors (Lipinski definition) is 1. The molecule has 0 radical (unpaired) electrons. The molecular formula is C11H18NO3P. The number of rotatable bonds is 5. The molecule has 0 spiro atoms. The van der Waals surface area contributed by atoms with Gasteiger partial charge in [-0.2, -0.15) is 0 Å². The molecule has 16 heavy (non-hydrogen) atoms. The van der Waals surface area contributed by atoms with Crippen LogP contribution in [-0.4, -0.2) is 25.1 Å². The van der Waals surface area contributed by atoms with Crippen molar-refractivity contribution in [2.24, 2.45) is 0 Å². The Labute approximate surface area is 96.4 Å². The van der Waals surface area contributed by atoms with Crippen molar-refractivity contribution >= 4 is 18.6 Å². The third kappa shape index (κ3) is 2.85. The topological polar surface area (TPSA) is 49.8 Å². The van der Waals surface area contributed by atoms with E-state index < -0.39 is 7.60 Å². The molecule has 0 bridgehead atoms. The number of benzene rings is 1. The lowest BCUT2D eigenvalue weighted by atomic mass is 10.3. The third-order valence-electron chi connectivity index (χ3n) is 2.55. The first-order chi connectivity index (χ1) is 7.55. The highest BCUT2D eigenvalue weighted by Crippen LogP contribution is 2.39. The van der Waals surface area contributed by atoms with E-state index in [1.807, 2.05) is 12.1 Å². The fourth-order valence-corrected chi connectivity index (χ4v) is 2.28. The minimum atomic E-state index is -3.61. The van der Waals surface area contributed by atoms with Crippen LogP contribution in [0.25, 0.3) is 0 Å². The highest BCUT2D eigenvalue weighted by atomic mass is 31.2. The summed E-state index contributed by atoms with van der Waals surface area (Å²) < 4.78 is 16.1. The fourth-order valence-electron chi connectivity index (χ4n) is 1.55. The van der Waals surface area contributed by atoms with E-state index in [4.69, 9.17) is 0 Å². The van der Waals surface area contributed by atoms with Gasteiger partial charge in [0.25, 0.3) is 0 Å². The Bertz CT molecular complexity index is 373. The summed E-state index contributed by atoms with van der Waals surface area (Å²) in [7, 11) is -2.38. The van der Waals surface area contributed by atoms with E-state index in [9.17, 15) is 9.46 Å². The summed E-state index contributed by atoms with van der Waals surface area (Å²) in [6, 6.07) is 6.95. The maximum absolute atomic E-state index is 11.5. The van der Waals surface area contributed by atoms with E-state index in [-0.39, 0.29) is 0 Å². The Morgan fingerprint density at radius 1 is 1.25 bits per heavy atom. The van der Waals surface area contributed by atoms with Gasteiger partial charge < -0.3 is 14.3 Å². The summed E-state index contributed by atoms with van der Waals surface area (Å²) in [4.78, 5) is 11.6. The van der Waals surface area contributed by atoms with Gasteiger partial charge in [0.05, 0.1) is 5.30 Å². The van der Waals surface area contributed by atoms with Gasteiger partial charge in [0.2, 0.25) is 0 Å². The van der Waals surface area contributed by atoms with Crippen molar-refractivity contribution < 1.29 is 14.0 Å². The van der Waals surface area contributed by atoms with Crippen LogP contribution in [0.5, 0.6) is 0 Å². The van der Waals surface area contributed by atoms with Crippen LogP contribution in [0.2, 0.25) is 0 Å². The predicted octanol–water partition coefficient (Wildman–Crippen LogP) is 1.99. The van der Waals surface area contributed by atoms with Crippen LogP contribution in [0.4, 0.5) is 5.69 Å². The van der Waals surface area contributed by atoms with Gasteiger partial charge in [0, 0.05) is 25.9 Å². The summed E-state index contributed by atoms with van der Waals surface area (Å²) in [5.74, 6) is 0. The molecule has 1 atom stereocenters. The first-order valence-corrected chi connectivity index (χ1v) is 6.87. The summed E-state index contributed by atoms with van der Waals surface area (Å²) in [5.41, 5.74) is 1.05. The van der Waals surface area contributed by atoms with Gasteiger partial charge in [-0.1, -0.05) is 0 Å². The molecule has 1 rings (SSSR count). The monoisotopic (exact) mass is 243 g/mol. The molecule has 0 heterocycles. The van der Waals surface area contributed by atoms with Crippen LogP contribution in [0.3, 0.4) is 0 Å². The number of anilines is 1. The SMILES string of the molecule is CCN(CC)c1ccc(P(=O)(O)OC)cc1. The molecule has 0 aliphatic heterocycles. The first kappa shape index (κ1) is 13.2. The van der Waals surface area contributed by atoms with E-state index in [1.165, 1.54) is 7.11 Å². The maximum atomic E-state index is 11.5. The van der Waals surface area contributed by atoms with Crippen LogP contribution < -0.4 is 10.2 Å². The average Bonchev–Trinajstić information content (AvgIpc) is 2.31. The molecular weight excluding hydrogens is 225 g/mol. The zero-order valence-corrected chi connectivity index (χ0v) is 10.8. The van der Waals surface area contributed by atoms with Crippen LogP contribution >= 0.6 is 7.60 Å². The molecule has 1 aromatic carbocycles. The van der Waals surface area contributed by atoms with Gasteiger partial charge in [-0.15, -0.1) is 0 Å². The maximum Gasteiger partial charge on any atom is 0.358 e. The van der Waals surface area contributed by atoms with Crippen molar-refractivity contribution in [3.8, 4) is 0 Å². The lowest BCUT2D eigenvalue weighted by Crippen LogP contribution is -2.22. The van der Waals surface area contributed by atoms with Crippen molar-refractivity contribution in [2.45, 2.75) is 13.8 Å². The molecule has 0 fully saturated rings. The highest BCUT2D eigenvalue weighted by molar-refractivity contribution is 7.61. The molecule has 0 saturated carbocycles. The smallest absolute Gasteiger partial charge is 0.358 e. The molecule has 90 valence electrons. The number of nitrogens with zero attached hydrogens (tertiary/aromatic N) is 1. The van der Waals surface area contributed by atoms with Crippen LogP contribution in [0.1, 0.15) is 13.8 Å². The second-order valence-corrected chi connectivity index (χ2v) is 5.31. The Hall–Kier alpha value is -0.830. The minimum Gasteiger partial charge on any atom is -0.372 e. The quantitative estimate of drug-likeness (QED) is 0.803. The van der Waals surface area contributed by atoms with Gasteiger partial charge in [-0.25, -0.2) is 0 Å². The van der Waals surface area contributed by atoms with Crippen molar-refractivity contribution in [1.82, 2.24) is 0 Å².